The van der Waals surface area contributed by atoms with Crippen LogP contribution in [0.1, 0.15) is 18.4 Å². The highest BCUT2D eigenvalue weighted by atomic mass is 35.5. The predicted octanol–water partition coefficient (Wildman–Crippen LogP) is 4.85. The first-order valence-electron chi connectivity index (χ1n) is 8.34. The minimum Gasteiger partial charge on any atom is -0.399 e. The molecule has 0 saturated carbocycles. The average Bonchev–Trinajstić information content (AvgIpc) is 2.59. The first kappa shape index (κ1) is 20.8. The molecule has 0 aromatic heterocycles. The van der Waals surface area contributed by atoms with Crippen LogP contribution in [0.2, 0.25) is 10.0 Å². The number of benzene rings is 2. The van der Waals surface area contributed by atoms with E-state index >= 15 is 0 Å². The number of nitrogens with two attached hydrogens (primary N) is 1. The van der Waals surface area contributed by atoms with E-state index in [9.17, 15) is 4.79 Å². The van der Waals surface area contributed by atoms with Gasteiger partial charge < -0.3 is 11.1 Å². The van der Waals surface area contributed by atoms with Gasteiger partial charge in [-0.1, -0.05) is 35.3 Å². The average molecular weight is 415 g/mol. The van der Waals surface area contributed by atoms with Crippen molar-refractivity contribution in [2.75, 3.05) is 24.1 Å². The second-order valence-corrected chi connectivity index (χ2v) is 7.23. The van der Waals surface area contributed by atoms with E-state index < -0.39 is 0 Å². The minimum absolute atomic E-state index is 0. The van der Waals surface area contributed by atoms with E-state index in [4.69, 9.17) is 28.9 Å². The number of likely N-dealkylation sites (tertiary alicyclic amines) is 1. The van der Waals surface area contributed by atoms with Crippen LogP contribution >= 0.6 is 35.6 Å². The monoisotopic (exact) mass is 413 g/mol. The molecule has 0 atom stereocenters. The molecule has 3 rings (SSSR count). The van der Waals surface area contributed by atoms with Gasteiger partial charge in [-0.15, -0.1) is 12.4 Å². The molecular weight excluding hydrogens is 393 g/mol. The zero-order valence-corrected chi connectivity index (χ0v) is 16.6. The van der Waals surface area contributed by atoms with E-state index in [2.05, 4.69) is 16.3 Å². The van der Waals surface area contributed by atoms with Crippen molar-refractivity contribution >= 4 is 52.9 Å². The normalized spacial score (nSPS) is 15.3. The molecule has 1 aliphatic heterocycles. The van der Waals surface area contributed by atoms with Crippen molar-refractivity contribution in [3.63, 3.8) is 0 Å². The summed E-state index contributed by atoms with van der Waals surface area (Å²) in [6, 6.07) is 13.1. The van der Waals surface area contributed by atoms with E-state index in [-0.39, 0.29) is 24.2 Å². The number of hydrogen-bond donors (Lipinski definition) is 2. The Hall–Kier alpha value is -1.46. The maximum atomic E-state index is 12.5. The molecule has 1 fully saturated rings. The molecule has 7 heteroatoms. The SMILES string of the molecule is Cl.Nc1cccc(CN2CCC(C(=O)Nc3ccc(Cl)c(Cl)c3)CC2)c1. The fraction of sp³-hybridized carbons (Fsp3) is 0.316. The Kier molecular flexibility index (Phi) is 7.59. The summed E-state index contributed by atoms with van der Waals surface area (Å²) in [5.74, 6) is 0.0635. The zero-order chi connectivity index (χ0) is 17.8. The second kappa shape index (κ2) is 9.47. The lowest BCUT2D eigenvalue weighted by Gasteiger charge is -2.31. The largest absolute Gasteiger partial charge is 0.399 e. The van der Waals surface area contributed by atoms with Crippen LogP contribution in [0.25, 0.3) is 0 Å². The lowest BCUT2D eigenvalue weighted by atomic mass is 9.95. The molecule has 0 aliphatic carbocycles. The van der Waals surface area contributed by atoms with Crippen LogP contribution in [0.4, 0.5) is 11.4 Å². The van der Waals surface area contributed by atoms with E-state index in [0.29, 0.717) is 15.7 Å². The van der Waals surface area contributed by atoms with Gasteiger partial charge in [0.1, 0.15) is 0 Å². The minimum atomic E-state index is 0. The van der Waals surface area contributed by atoms with Gasteiger partial charge in [-0.25, -0.2) is 0 Å². The number of nitrogens with zero attached hydrogens (tertiary/aromatic N) is 1. The van der Waals surface area contributed by atoms with Gasteiger partial charge >= 0.3 is 0 Å². The van der Waals surface area contributed by atoms with Gasteiger partial charge in [-0.05, 0) is 61.8 Å². The van der Waals surface area contributed by atoms with Gasteiger partial charge in [0.25, 0.3) is 0 Å². The van der Waals surface area contributed by atoms with Gasteiger partial charge in [-0.3, -0.25) is 9.69 Å². The van der Waals surface area contributed by atoms with Gasteiger partial charge in [0.2, 0.25) is 5.91 Å². The number of halogens is 3. The molecule has 140 valence electrons. The Morgan fingerprint density at radius 2 is 1.85 bits per heavy atom. The molecule has 2 aromatic rings. The third kappa shape index (κ3) is 5.52. The van der Waals surface area contributed by atoms with Crippen molar-refractivity contribution in [1.29, 1.82) is 0 Å². The first-order valence-corrected chi connectivity index (χ1v) is 9.09. The second-order valence-electron chi connectivity index (χ2n) is 6.41. The molecule has 1 aliphatic rings. The Bertz CT molecular complexity index is 761. The third-order valence-electron chi connectivity index (χ3n) is 4.50. The molecule has 0 spiro atoms. The Morgan fingerprint density at radius 1 is 1.12 bits per heavy atom. The van der Waals surface area contributed by atoms with Crippen LogP contribution in [0.3, 0.4) is 0 Å². The number of hydrogen-bond acceptors (Lipinski definition) is 3. The van der Waals surface area contributed by atoms with Crippen molar-refractivity contribution in [2.45, 2.75) is 19.4 Å². The number of piperidine rings is 1. The summed E-state index contributed by atoms with van der Waals surface area (Å²) in [5, 5.41) is 3.86. The fourth-order valence-electron chi connectivity index (χ4n) is 3.12. The summed E-state index contributed by atoms with van der Waals surface area (Å²) in [6.45, 7) is 2.66. The van der Waals surface area contributed by atoms with Crippen LogP contribution in [0.15, 0.2) is 42.5 Å². The molecule has 1 amide bonds. The smallest absolute Gasteiger partial charge is 0.227 e. The van der Waals surface area contributed by atoms with E-state index in [1.54, 1.807) is 18.2 Å². The lowest BCUT2D eigenvalue weighted by molar-refractivity contribution is -0.121. The summed E-state index contributed by atoms with van der Waals surface area (Å²) < 4.78 is 0. The fourth-order valence-corrected chi connectivity index (χ4v) is 3.42. The summed E-state index contributed by atoms with van der Waals surface area (Å²) in [7, 11) is 0. The molecule has 0 bridgehead atoms. The van der Waals surface area contributed by atoms with Crippen LogP contribution < -0.4 is 11.1 Å². The van der Waals surface area contributed by atoms with E-state index in [1.807, 2.05) is 18.2 Å². The number of amides is 1. The van der Waals surface area contributed by atoms with Gasteiger partial charge in [0, 0.05) is 23.8 Å². The van der Waals surface area contributed by atoms with Crippen LogP contribution in [-0.2, 0) is 11.3 Å². The molecule has 1 heterocycles. The topological polar surface area (TPSA) is 58.4 Å². The first-order chi connectivity index (χ1) is 12.0. The standard InChI is InChI=1S/C19H21Cl2N3O.ClH/c20-17-5-4-16(11-18(17)21)23-19(25)14-6-8-24(9-7-14)12-13-2-1-3-15(22)10-13;/h1-5,10-11,14H,6-9,12,22H2,(H,23,25);1H. The molecule has 0 radical (unpaired) electrons. The number of carbonyl (C=O) groups is 1. The predicted molar refractivity (Wildman–Crippen MR) is 111 cm³/mol. The van der Waals surface area contributed by atoms with Crippen LogP contribution in [0, 0.1) is 5.92 Å². The highest BCUT2D eigenvalue weighted by molar-refractivity contribution is 6.42. The maximum Gasteiger partial charge on any atom is 0.227 e. The van der Waals surface area contributed by atoms with Gasteiger partial charge in [-0.2, -0.15) is 0 Å². The van der Waals surface area contributed by atoms with Crippen molar-refractivity contribution < 1.29 is 4.79 Å². The third-order valence-corrected chi connectivity index (χ3v) is 5.24. The summed E-state index contributed by atoms with van der Waals surface area (Å²) in [6.07, 6.45) is 1.69. The number of anilines is 2. The molecule has 3 N–H and O–H groups in total. The molecule has 1 saturated heterocycles. The Balaban J connectivity index is 0.00000243. The zero-order valence-electron chi connectivity index (χ0n) is 14.3. The lowest BCUT2D eigenvalue weighted by Crippen LogP contribution is -2.37. The number of rotatable bonds is 4. The van der Waals surface area contributed by atoms with E-state index in [1.165, 1.54) is 5.56 Å². The molecule has 4 nitrogen and oxygen atoms in total. The molecule has 0 unspecified atom stereocenters. The van der Waals surface area contributed by atoms with Crippen LogP contribution in [-0.4, -0.2) is 23.9 Å². The summed E-state index contributed by atoms with van der Waals surface area (Å²) in [4.78, 5) is 14.8. The summed E-state index contributed by atoms with van der Waals surface area (Å²) in [5.41, 5.74) is 8.50. The number of nitrogen functional groups attached to an aromatic ring is 1. The highest BCUT2D eigenvalue weighted by Crippen LogP contribution is 2.26. The Morgan fingerprint density at radius 3 is 2.50 bits per heavy atom. The Labute approximate surface area is 170 Å². The molecule has 26 heavy (non-hydrogen) atoms. The van der Waals surface area contributed by atoms with Crippen molar-refractivity contribution in [3.8, 4) is 0 Å². The maximum absolute atomic E-state index is 12.5. The quantitative estimate of drug-likeness (QED) is 0.703. The molecule has 2 aromatic carbocycles. The van der Waals surface area contributed by atoms with Gasteiger partial charge in [0.05, 0.1) is 10.0 Å². The van der Waals surface area contributed by atoms with Crippen molar-refractivity contribution in [1.82, 2.24) is 4.90 Å². The number of carbonyl (C=O) groups excluding carboxylic acids is 1. The van der Waals surface area contributed by atoms with Crippen molar-refractivity contribution in [3.05, 3.63) is 58.1 Å². The van der Waals surface area contributed by atoms with E-state index in [0.717, 1.165) is 38.2 Å². The van der Waals surface area contributed by atoms with Gasteiger partial charge in [0.15, 0.2) is 0 Å². The molecular formula is C19H22Cl3N3O. The van der Waals surface area contributed by atoms with Crippen molar-refractivity contribution in [2.24, 2.45) is 5.92 Å². The number of nitrogens with one attached hydrogen (secondary N) is 1. The highest BCUT2D eigenvalue weighted by Gasteiger charge is 2.25. The summed E-state index contributed by atoms with van der Waals surface area (Å²) >= 11 is 11.9. The van der Waals surface area contributed by atoms with Crippen LogP contribution in [0.5, 0.6) is 0 Å².